The molecule has 0 saturated carbocycles. The Kier molecular flexibility index (Phi) is 7.15. The molecule has 0 aromatic rings. The van der Waals surface area contributed by atoms with E-state index in [9.17, 15) is 4.21 Å². The second-order valence-corrected chi connectivity index (χ2v) is 13.8. The Morgan fingerprint density at radius 1 is 1.50 bits per heavy atom. The minimum absolute atomic E-state index is 0.0760. The van der Waals surface area contributed by atoms with Gasteiger partial charge in [-0.05, 0) is 0 Å². The van der Waals surface area contributed by atoms with Crippen LogP contribution in [0.25, 0.3) is 0 Å². The molecular weight excluding hydrogens is 497 g/mol. The maximum atomic E-state index is 9.97. The van der Waals surface area contributed by atoms with Crippen LogP contribution in [0, 0.1) is 0 Å². The zero-order chi connectivity index (χ0) is 8.20. The molecule has 0 aliphatic rings. The molecule has 0 bridgehead atoms. The Balaban J connectivity index is 3.29. The van der Waals surface area contributed by atoms with E-state index in [-0.39, 0.29) is -0.565 Å². The maximum absolute atomic E-state index is 9.97. The first-order valence-electron chi connectivity index (χ1n) is 2.23. The first kappa shape index (κ1) is 12.3. The van der Waals surface area contributed by atoms with Gasteiger partial charge in [0, 0.05) is 6.42 Å². The second kappa shape index (κ2) is 5.83. The normalized spacial score (nSPS) is 15.2. The van der Waals surface area contributed by atoms with Crippen molar-refractivity contribution in [3.05, 3.63) is 0 Å². The fourth-order valence-corrected chi connectivity index (χ4v) is 1.12. The van der Waals surface area contributed by atoms with Gasteiger partial charge in [-0.1, -0.05) is 67.8 Å². The van der Waals surface area contributed by atoms with Crippen LogP contribution in [-0.4, -0.2) is 14.8 Å². The summed E-state index contributed by atoms with van der Waals surface area (Å²) < 4.78 is 22.7. The van der Waals surface area contributed by atoms with Crippen LogP contribution in [0.4, 0.5) is 0 Å². The van der Waals surface area contributed by atoms with Crippen molar-refractivity contribution in [1.82, 2.24) is 0 Å². The lowest BCUT2D eigenvalue weighted by molar-refractivity contribution is 0.307. The first-order valence-corrected chi connectivity index (χ1v) is 6.49. The van der Waals surface area contributed by atoms with Gasteiger partial charge >= 0.3 is 11.4 Å². The van der Waals surface area contributed by atoms with Crippen LogP contribution in [0.3, 0.4) is 0 Å². The van der Waals surface area contributed by atoms with Crippen LogP contribution in [0.5, 0.6) is 0 Å². The third-order valence-corrected chi connectivity index (χ3v) is 2.56. The molecule has 0 heterocycles. The predicted octanol–water partition coefficient (Wildman–Crippen LogP) is 2.49. The van der Waals surface area contributed by atoms with E-state index in [2.05, 4.69) is 72.0 Å². The average Bonchev–Trinajstić information content (AvgIpc) is 1.59. The zero-order valence-electron chi connectivity index (χ0n) is 4.72. The molecule has 3 nitrogen and oxygen atoms in total. The summed E-state index contributed by atoms with van der Waals surface area (Å²) >= 11 is 4.60. The molecule has 7 heteroatoms. The summed E-state index contributed by atoms with van der Waals surface area (Å²) in [6.07, 6.45) is 0.751. The van der Waals surface area contributed by atoms with Gasteiger partial charge in [0.15, 0.2) is 0 Å². The third kappa shape index (κ3) is 10.3. The van der Waals surface area contributed by atoms with Gasteiger partial charge in [-0.3, -0.25) is 8.74 Å². The monoisotopic (exact) mass is 502 g/mol. The van der Waals surface area contributed by atoms with Crippen LogP contribution in [0.15, 0.2) is 0 Å². The van der Waals surface area contributed by atoms with Crippen molar-refractivity contribution in [2.75, 3.05) is 6.61 Å². The lowest BCUT2D eigenvalue weighted by Gasteiger charge is -2.09. The van der Waals surface area contributed by atoms with Gasteiger partial charge in [-0.15, -0.1) is 0 Å². The lowest BCUT2D eigenvalue weighted by atomic mass is 10.5. The summed E-state index contributed by atoms with van der Waals surface area (Å²) in [5.41, 5.74) is 0. The van der Waals surface area contributed by atoms with Gasteiger partial charge in [0.05, 0.1) is 6.61 Å². The van der Waals surface area contributed by atoms with Crippen molar-refractivity contribution in [2.45, 2.75) is 5.86 Å². The van der Waals surface area contributed by atoms with Crippen LogP contribution >= 0.6 is 67.8 Å². The van der Waals surface area contributed by atoms with E-state index < -0.39 is 11.4 Å². The fraction of sp³-hybridized carbons (Fsp3) is 1.00. The van der Waals surface area contributed by atoms with Crippen molar-refractivity contribution < 1.29 is 12.9 Å². The second-order valence-electron chi connectivity index (χ2n) is 1.40. The Labute approximate surface area is 103 Å². The minimum Gasteiger partial charge on any atom is -0.284 e. The molecule has 10 heavy (non-hydrogen) atoms. The Morgan fingerprint density at radius 3 is 2.30 bits per heavy atom. The van der Waals surface area contributed by atoms with Crippen LogP contribution in [-0.2, 0) is 15.5 Å². The maximum Gasteiger partial charge on any atom is 0.301 e. The van der Waals surface area contributed by atoms with Gasteiger partial charge < -0.3 is 0 Å². The predicted molar refractivity (Wildman–Crippen MR) is 66.1 cm³/mol. The van der Waals surface area contributed by atoms with Crippen LogP contribution in [0.1, 0.15) is 6.42 Å². The molecule has 0 aromatic carbocycles. The highest BCUT2D eigenvalue weighted by atomic mass is 127. The summed E-state index contributed by atoms with van der Waals surface area (Å²) in [5.74, 6) is 0. The summed E-state index contributed by atoms with van der Waals surface area (Å²) in [6, 6.07) is 0. The summed E-state index contributed by atoms with van der Waals surface area (Å²) in [5, 5.41) is 0. The Bertz CT molecular complexity index is 123. The molecule has 0 aliphatic carbocycles. The van der Waals surface area contributed by atoms with Crippen LogP contribution < -0.4 is 0 Å². The number of hydrogen-bond donors (Lipinski definition) is 1. The SMILES string of the molecule is O=S(O)OCCC(I)(I)I. The molecule has 0 saturated heterocycles. The zero-order valence-corrected chi connectivity index (χ0v) is 12.0. The largest absolute Gasteiger partial charge is 0.301 e. The minimum atomic E-state index is -2.11. The average molecular weight is 502 g/mol. The number of alkyl halides is 3. The van der Waals surface area contributed by atoms with Crippen molar-refractivity contribution >= 4 is 79.1 Å². The van der Waals surface area contributed by atoms with Crippen molar-refractivity contribution in [1.29, 1.82) is 0 Å². The molecule has 0 spiro atoms. The molecule has 0 aromatic heterocycles. The molecule has 1 N–H and O–H groups in total. The molecule has 0 fully saturated rings. The number of halogens is 3. The molecule has 62 valence electrons. The lowest BCUT2D eigenvalue weighted by Crippen LogP contribution is -2.06. The van der Waals surface area contributed by atoms with E-state index in [0.29, 0.717) is 6.61 Å². The highest BCUT2D eigenvalue weighted by Gasteiger charge is 2.16. The van der Waals surface area contributed by atoms with Gasteiger partial charge in [0.1, 0.15) is -0.565 Å². The standard InChI is InChI=1S/C3H5I3O3S/c4-3(5,6)1-2-9-10(7)8/h1-2H2,(H,7,8). The van der Waals surface area contributed by atoms with Gasteiger partial charge in [-0.2, -0.15) is 4.21 Å². The molecule has 0 radical (unpaired) electrons. The molecule has 1 atom stereocenters. The smallest absolute Gasteiger partial charge is 0.284 e. The molecule has 0 amide bonds. The van der Waals surface area contributed by atoms with Gasteiger partial charge in [-0.25, -0.2) is 0 Å². The third-order valence-electron chi connectivity index (χ3n) is 0.570. The number of rotatable bonds is 4. The van der Waals surface area contributed by atoms with E-state index in [0.717, 1.165) is 6.42 Å². The highest BCUT2D eigenvalue weighted by Crippen LogP contribution is 2.38. The van der Waals surface area contributed by atoms with Gasteiger partial charge in [0.2, 0.25) is 0 Å². The van der Waals surface area contributed by atoms with E-state index in [1.165, 1.54) is 0 Å². The highest BCUT2D eigenvalue weighted by molar-refractivity contribution is 14.3. The van der Waals surface area contributed by atoms with E-state index in [1.807, 2.05) is 0 Å². The van der Waals surface area contributed by atoms with E-state index >= 15 is 0 Å². The summed E-state index contributed by atoms with van der Waals surface area (Å²) in [6.45, 7) is 0.317. The van der Waals surface area contributed by atoms with Crippen molar-refractivity contribution in [2.24, 2.45) is 0 Å². The molecule has 0 rings (SSSR count). The summed E-state index contributed by atoms with van der Waals surface area (Å²) in [7, 11) is 0. The Morgan fingerprint density at radius 2 is 2.00 bits per heavy atom. The molecular formula is C3H5I3O3S. The van der Waals surface area contributed by atoms with Crippen molar-refractivity contribution in [3.8, 4) is 0 Å². The van der Waals surface area contributed by atoms with Crippen LogP contribution in [0.2, 0.25) is 0 Å². The molecule has 1 unspecified atom stereocenters. The topological polar surface area (TPSA) is 46.5 Å². The van der Waals surface area contributed by atoms with E-state index in [4.69, 9.17) is 4.55 Å². The number of hydrogen-bond acceptors (Lipinski definition) is 2. The van der Waals surface area contributed by atoms with E-state index in [1.54, 1.807) is 0 Å². The first-order chi connectivity index (χ1) is 4.42. The molecule has 0 aliphatic heterocycles. The fourth-order valence-electron chi connectivity index (χ4n) is 0.229. The summed E-state index contributed by atoms with van der Waals surface area (Å²) in [4.78, 5) is 0. The quantitative estimate of drug-likeness (QED) is 0.366. The van der Waals surface area contributed by atoms with Gasteiger partial charge in [0.25, 0.3) is 0 Å². The Hall–Kier alpha value is 2.26. The van der Waals surface area contributed by atoms with Crippen molar-refractivity contribution in [3.63, 3.8) is 0 Å².